The Bertz CT molecular complexity index is 520. The van der Waals surface area contributed by atoms with Gasteiger partial charge in [0, 0.05) is 12.1 Å². The van der Waals surface area contributed by atoms with Crippen LogP contribution < -0.4 is 5.32 Å². The molecule has 1 fully saturated rings. The lowest BCUT2D eigenvalue weighted by molar-refractivity contribution is 0.228. The summed E-state index contributed by atoms with van der Waals surface area (Å²) in [6.07, 6.45) is 3.79. The molecule has 0 radical (unpaired) electrons. The molecule has 2 aromatic carbocycles. The quantitative estimate of drug-likeness (QED) is 0.834. The van der Waals surface area contributed by atoms with Gasteiger partial charge in [0.05, 0.1) is 0 Å². The van der Waals surface area contributed by atoms with Gasteiger partial charge in [0.25, 0.3) is 0 Å². The number of piperidine rings is 1. The van der Waals surface area contributed by atoms with Crippen molar-refractivity contribution in [2.75, 3.05) is 0 Å². The molecule has 1 aliphatic heterocycles. The lowest BCUT2D eigenvalue weighted by atomic mass is 9.80. The fraction of sp³-hybridized carbons (Fsp3) is 0.368. The molecule has 1 aliphatic rings. The summed E-state index contributed by atoms with van der Waals surface area (Å²) in [5.74, 6) is 0.748. The van der Waals surface area contributed by atoms with E-state index in [4.69, 9.17) is 0 Å². The lowest BCUT2D eigenvalue weighted by Gasteiger charge is -2.38. The predicted molar refractivity (Wildman–Crippen MR) is 84.5 cm³/mol. The third kappa shape index (κ3) is 2.78. The van der Waals surface area contributed by atoms with Gasteiger partial charge in [0.15, 0.2) is 0 Å². The van der Waals surface area contributed by atoms with Crippen LogP contribution in [0.15, 0.2) is 60.7 Å². The van der Waals surface area contributed by atoms with Gasteiger partial charge in [-0.3, -0.25) is 0 Å². The number of hydrogen-bond acceptors (Lipinski definition) is 1. The highest BCUT2D eigenvalue weighted by atomic mass is 15.0. The SMILES string of the molecule is CCC1CCC(c2ccccc2)NC1c1ccccc1. The van der Waals surface area contributed by atoms with Gasteiger partial charge in [0.1, 0.15) is 0 Å². The summed E-state index contributed by atoms with van der Waals surface area (Å²) < 4.78 is 0. The van der Waals surface area contributed by atoms with E-state index in [1.54, 1.807) is 0 Å². The third-order valence-electron chi connectivity index (χ3n) is 4.56. The van der Waals surface area contributed by atoms with E-state index in [-0.39, 0.29) is 0 Å². The number of hydrogen-bond donors (Lipinski definition) is 1. The zero-order chi connectivity index (χ0) is 13.8. The van der Waals surface area contributed by atoms with Crippen molar-refractivity contribution in [3.8, 4) is 0 Å². The molecule has 0 bridgehead atoms. The van der Waals surface area contributed by atoms with Gasteiger partial charge >= 0.3 is 0 Å². The standard InChI is InChI=1S/C19H23N/c1-2-15-13-14-18(16-9-5-3-6-10-16)20-19(15)17-11-7-4-8-12-17/h3-12,15,18-20H,2,13-14H2,1H3. The minimum Gasteiger partial charge on any atom is -0.303 e. The average molecular weight is 265 g/mol. The monoisotopic (exact) mass is 265 g/mol. The van der Waals surface area contributed by atoms with Crippen LogP contribution >= 0.6 is 0 Å². The lowest BCUT2D eigenvalue weighted by Crippen LogP contribution is -2.36. The molecule has 1 saturated heterocycles. The van der Waals surface area contributed by atoms with Crippen molar-refractivity contribution in [1.82, 2.24) is 5.32 Å². The number of nitrogens with one attached hydrogen (secondary N) is 1. The summed E-state index contributed by atoms with van der Waals surface area (Å²) in [6.45, 7) is 2.31. The predicted octanol–water partition coefficient (Wildman–Crippen LogP) is 4.88. The van der Waals surface area contributed by atoms with Crippen LogP contribution in [0.5, 0.6) is 0 Å². The minimum absolute atomic E-state index is 0.486. The molecule has 0 saturated carbocycles. The second-order valence-electron chi connectivity index (χ2n) is 5.76. The minimum atomic E-state index is 0.486. The molecule has 1 heteroatoms. The van der Waals surface area contributed by atoms with Crippen LogP contribution in [0, 0.1) is 5.92 Å². The molecule has 3 atom stereocenters. The maximum Gasteiger partial charge on any atom is 0.0353 e. The molecule has 3 rings (SSSR count). The van der Waals surface area contributed by atoms with Gasteiger partial charge in [0.2, 0.25) is 0 Å². The summed E-state index contributed by atoms with van der Waals surface area (Å²) in [5.41, 5.74) is 2.85. The van der Waals surface area contributed by atoms with Gasteiger partial charge < -0.3 is 5.32 Å². The zero-order valence-corrected chi connectivity index (χ0v) is 12.1. The highest BCUT2D eigenvalue weighted by molar-refractivity contribution is 5.24. The number of rotatable bonds is 3. The summed E-state index contributed by atoms with van der Waals surface area (Å²) in [7, 11) is 0. The van der Waals surface area contributed by atoms with Gasteiger partial charge in [-0.2, -0.15) is 0 Å². The highest BCUT2D eigenvalue weighted by Gasteiger charge is 2.30. The Hall–Kier alpha value is -1.60. The van der Waals surface area contributed by atoms with Crippen LogP contribution in [-0.2, 0) is 0 Å². The Labute approximate surface area is 122 Å². The zero-order valence-electron chi connectivity index (χ0n) is 12.1. The number of benzene rings is 2. The van der Waals surface area contributed by atoms with E-state index < -0.39 is 0 Å². The molecule has 0 aliphatic carbocycles. The van der Waals surface area contributed by atoms with Gasteiger partial charge in [-0.1, -0.05) is 74.0 Å². The Balaban J connectivity index is 1.83. The van der Waals surface area contributed by atoms with Crippen molar-refractivity contribution in [2.45, 2.75) is 38.3 Å². The first-order valence-electron chi connectivity index (χ1n) is 7.74. The maximum atomic E-state index is 3.89. The van der Waals surface area contributed by atoms with Crippen molar-refractivity contribution in [2.24, 2.45) is 5.92 Å². The molecule has 0 amide bonds. The van der Waals surface area contributed by atoms with Crippen molar-refractivity contribution < 1.29 is 0 Å². The highest BCUT2D eigenvalue weighted by Crippen LogP contribution is 2.38. The van der Waals surface area contributed by atoms with E-state index in [1.807, 2.05) is 0 Å². The second-order valence-corrected chi connectivity index (χ2v) is 5.76. The molecule has 1 heterocycles. The fourth-order valence-corrected chi connectivity index (χ4v) is 3.40. The summed E-state index contributed by atoms with van der Waals surface area (Å²) in [5, 5.41) is 3.89. The summed E-state index contributed by atoms with van der Waals surface area (Å²) in [4.78, 5) is 0. The molecule has 2 aromatic rings. The maximum absolute atomic E-state index is 3.89. The van der Waals surface area contributed by atoms with Crippen LogP contribution in [0.2, 0.25) is 0 Å². The van der Waals surface area contributed by atoms with Crippen molar-refractivity contribution in [1.29, 1.82) is 0 Å². The van der Waals surface area contributed by atoms with Crippen molar-refractivity contribution >= 4 is 0 Å². The molecule has 0 spiro atoms. The molecule has 3 unspecified atom stereocenters. The Morgan fingerprint density at radius 1 is 0.850 bits per heavy atom. The van der Waals surface area contributed by atoms with E-state index >= 15 is 0 Å². The first-order valence-corrected chi connectivity index (χ1v) is 7.74. The van der Waals surface area contributed by atoms with E-state index in [9.17, 15) is 0 Å². The van der Waals surface area contributed by atoms with Gasteiger partial charge in [-0.05, 0) is 29.9 Å². The van der Waals surface area contributed by atoms with E-state index in [0.29, 0.717) is 12.1 Å². The van der Waals surface area contributed by atoms with E-state index in [1.165, 1.54) is 30.4 Å². The van der Waals surface area contributed by atoms with Gasteiger partial charge in [-0.15, -0.1) is 0 Å². The smallest absolute Gasteiger partial charge is 0.0353 e. The fourth-order valence-electron chi connectivity index (χ4n) is 3.40. The van der Waals surface area contributed by atoms with Crippen molar-refractivity contribution in [3.05, 3.63) is 71.8 Å². The molecule has 0 aromatic heterocycles. The molecule has 1 nitrogen and oxygen atoms in total. The van der Waals surface area contributed by atoms with Gasteiger partial charge in [-0.25, -0.2) is 0 Å². The largest absolute Gasteiger partial charge is 0.303 e. The Morgan fingerprint density at radius 3 is 2.05 bits per heavy atom. The van der Waals surface area contributed by atoms with Crippen LogP contribution in [0.4, 0.5) is 0 Å². The van der Waals surface area contributed by atoms with Crippen molar-refractivity contribution in [3.63, 3.8) is 0 Å². The first-order chi connectivity index (χ1) is 9.88. The van der Waals surface area contributed by atoms with Crippen LogP contribution in [0.1, 0.15) is 49.4 Å². The molecular weight excluding hydrogens is 242 g/mol. The summed E-state index contributed by atoms with van der Waals surface area (Å²) >= 11 is 0. The first kappa shape index (κ1) is 13.4. The van der Waals surface area contributed by atoms with E-state index in [0.717, 1.165) is 5.92 Å². The topological polar surface area (TPSA) is 12.0 Å². The average Bonchev–Trinajstić information content (AvgIpc) is 2.56. The molecule has 104 valence electrons. The Morgan fingerprint density at radius 2 is 1.45 bits per heavy atom. The van der Waals surface area contributed by atoms with Crippen LogP contribution in [0.25, 0.3) is 0 Å². The third-order valence-corrected chi connectivity index (χ3v) is 4.56. The summed E-state index contributed by atoms with van der Waals surface area (Å²) in [6, 6.07) is 22.7. The molecule has 20 heavy (non-hydrogen) atoms. The van der Waals surface area contributed by atoms with Crippen LogP contribution in [-0.4, -0.2) is 0 Å². The van der Waals surface area contributed by atoms with Crippen LogP contribution in [0.3, 0.4) is 0 Å². The molecular formula is C19H23N. The normalized spacial score (nSPS) is 26.4. The Kier molecular flexibility index (Phi) is 4.17. The second kappa shape index (κ2) is 6.23. The molecule has 1 N–H and O–H groups in total. The van der Waals surface area contributed by atoms with E-state index in [2.05, 4.69) is 72.9 Å².